The molecule has 0 aliphatic heterocycles. The van der Waals surface area contributed by atoms with Crippen LogP contribution in [0.2, 0.25) is 10.0 Å². The quantitative estimate of drug-likeness (QED) is 0.815. The third-order valence-corrected chi connectivity index (χ3v) is 6.05. The molecule has 1 aromatic heterocycles. The molecular formula is C13H14Cl2N2O2S2. The maximum Gasteiger partial charge on any atom is 0.271 e. The first-order valence-corrected chi connectivity index (χ1v) is 9.30. The monoisotopic (exact) mass is 364 g/mol. The highest BCUT2D eigenvalue weighted by Gasteiger charge is 2.18. The van der Waals surface area contributed by atoms with Gasteiger partial charge in [0.25, 0.3) is 10.0 Å². The van der Waals surface area contributed by atoms with E-state index >= 15 is 0 Å². The lowest BCUT2D eigenvalue weighted by atomic mass is 10.3. The second-order valence-electron chi connectivity index (χ2n) is 4.28. The topological polar surface area (TPSA) is 58.2 Å². The van der Waals surface area contributed by atoms with Crippen LogP contribution in [0.5, 0.6) is 0 Å². The summed E-state index contributed by atoms with van der Waals surface area (Å²) < 4.78 is 27.3. The zero-order valence-corrected chi connectivity index (χ0v) is 14.3. The SMILES string of the molecule is CCNCc1csc(S(=O)(=O)Nc2ccc(Cl)cc2Cl)c1. The molecule has 0 atom stereocenters. The van der Waals surface area contributed by atoms with E-state index in [9.17, 15) is 8.42 Å². The molecule has 2 N–H and O–H groups in total. The molecule has 0 aliphatic carbocycles. The van der Waals surface area contributed by atoms with Crippen LogP contribution in [0.3, 0.4) is 0 Å². The van der Waals surface area contributed by atoms with E-state index in [1.807, 2.05) is 12.3 Å². The fraction of sp³-hybridized carbons (Fsp3) is 0.231. The first kappa shape index (κ1) is 16.6. The smallest absolute Gasteiger partial charge is 0.271 e. The van der Waals surface area contributed by atoms with Crippen molar-refractivity contribution in [2.75, 3.05) is 11.3 Å². The lowest BCUT2D eigenvalue weighted by molar-refractivity contribution is 0.603. The molecule has 8 heteroatoms. The van der Waals surface area contributed by atoms with Crippen molar-refractivity contribution in [2.45, 2.75) is 17.7 Å². The number of benzene rings is 1. The Hall–Kier alpha value is -0.790. The molecule has 0 radical (unpaired) electrons. The van der Waals surface area contributed by atoms with Gasteiger partial charge in [0.15, 0.2) is 0 Å². The average Bonchev–Trinajstić information content (AvgIpc) is 2.89. The molecule has 2 aromatic rings. The van der Waals surface area contributed by atoms with Gasteiger partial charge in [-0.05, 0) is 41.8 Å². The lowest BCUT2D eigenvalue weighted by Gasteiger charge is -2.08. The van der Waals surface area contributed by atoms with Crippen LogP contribution < -0.4 is 10.0 Å². The molecule has 0 fully saturated rings. The van der Waals surface area contributed by atoms with E-state index in [4.69, 9.17) is 23.2 Å². The fourth-order valence-corrected chi connectivity index (χ4v) is 4.42. The predicted octanol–water partition coefficient (Wildman–Crippen LogP) is 3.97. The maximum atomic E-state index is 12.3. The number of thiophene rings is 1. The first-order valence-electron chi connectivity index (χ1n) is 6.18. The summed E-state index contributed by atoms with van der Waals surface area (Å²) in [5.41, 5.74) is 1.24. The van der Waals surface area contributed by atoms with Crippen molar-refractivity contribution in [3.63, 3.8) is 0 Å². The Kier molecular flexibility index (Phi) is 5.51. The van der Waals surface area contributed by atoms with Gasteiger partial charge in [-0.2, -0.15) is 0 Å². The number of hydrogen-bond donors (Lipinski definition) is 2. The van der Waals surface area contributed by atoms with Gasteiger partial charge < -0.3 is 5.32 Å². The van der Waals surface area contributed by atoms with Gasteiger partial charge in [-0.25, -0.2) is 8.42 Å². The van der Waals surface area contributed by atoms with Gasteiger partial charge in [-0.3, -0.25) is 4.72 Å². The van der Waals surface area contributed by atoms with Crippen LogP contribution in [0.15, 0.2) is 33.9 Å². The van der Waals surface area contributed by atoms with Gasteiger partial charge in [0.05, 0.1) is 10.7 Å². The fourth-order valence-electron chi connectivity index (χ4n) is 1.62. The Balaban J connectivity index is 2.19. The molecule has 4 nitrogen and oxygen atoms in total. The molecule has 0 spiro atoms. The highest BCUT2D eigenvalue weighted by molar-refractivity contribution is 7.94. The molecule has 1 heterocycles. The van der Waals surface area contributed by atoms with Gasteiger partial charge in [-0.15, -0.1) is 11.3 Å². The maximum absolute atomic E-state index is 12.3. The van der Waals surface area contributed by atoms with Crippen molar-refractivity contribution in [3.05, 3.63) is 45.3 Å². The normalized spacial score (nSPS) is 11.6. The van der Waals surface area contributed by atoms with E-state index in [1.165, 1.54) is 23.5 Å². The number of nitrogens with one attached hydrogen (secondary N) is 2. The summed E-state index contributed by atoms with van der Waals surface area (Å²) in [6, 6.07) is 6.26. The second kappa shape index (κ2) is 6.98. The Morgan fingerprint density at radius 1 is 1.24 bits per heavy atom. The van der Waals surface area contributed by atoms with Crippen LogP contribution in [0, 0.1) is 0 Å². The summed E-state index contributed by atoms with van der Waals surface area (Å²) in [7, 11) is -3.64. The summed E-state index contributed by atoms with van der Waals surface area (Å²) in [6.07, 6.45) is 0. The zero-order valence-electron chi connectivity index (χ0n) is 11.2. The van der Waals surface area contributed by atoms with Crippen molar-refractivity contribution in [3.8, 4) is 0 Å². The van der Waals surface area contributed by atoms with E-state index < -0.39 is 10.0 Å². The van der Waals surface area contributed by atoms with E-state index in [1.54, 1.807) is 12.1 Å². The highest BCUT2D eigenvalue weighted by atomic mass is 35.5. The lowest BCUT2D eigenvalue weighted by Crippen LogP contribution is -2.13. The minimum Gasteiger partial charge on any atom is -0.313 e. The molecule has 2 rings (SSSR count). The molecular weight excluding hydrogens is 351 g/mol. The summed E-state index contributed by atoms with van der Waals surface area (Å²) >= 11 is 12.9. The van der Waals surface area contributed by atoms with Crippen LogP contribution in [0.4, 0.5) is 5.69 Å². The van der Waals surface area contributed by atoms with Crippen LogP contribution >= 0.6 is 34.5 Å². The minimum atomic E-state index is -3.64. The summed E-state index contributed by atoms with van der Waals surface area (Å²) in [5, 5.41) is 5.68. The number of anilines is 1. The predicted molar refractivity (Wildman–Crippen MR) is 89.0 cm³/mol. The molecule has 0 aliphatic rings. The minimum absolute atomic E-state index is 0.251. The largest absolute Gasteiger partial charge is 0.313 e. The van der Waals surface area contributed by atoms with Crippen LogP contribution in [-0.2, 0) is 16.6 Å². The van der Waals surface area contributed by atoms with Gasteiger partial charge in [0, 0.05) is 11.6 Å². The Morgan fingerprint density at radius 3 is 2.67 bits per heavy atom. The average molecular weight is 365 g/mol. The van der Waals surface area contributed by atoms with E-state index in [-0.39, 0.29) is 9.23 Å². The van der Waals surface area contributed by atoms with E-state index in [2.05, 4.69) is 10.0 Å². The van der Waals surface area contributed by atoms with Gasteiger partial charge in [-0.1, -0.05) is 30.1 Å². The van der Waals surface area contributed by atoms with Crippen molar-refractivity contribution in [2.24, 2.45) is 0 Å². The summed E-state index contributed by atoms with van der Waals surface area (Å²) in [5.74, 6) is 0. The molecule has 0 amide bonds. The first-order chi connectivity index (χ1) is 9.92. The Bertz CT molecular complexity index is 730. The zero-order chi connectivity index (χ0) is 15.5. The molecule has 0 bridgehead atoms. The third kappa shape index (κ3) is 4.34. The molecule has 114 valence electrons. The molecule has 21 heavy (non-hydrogen) atoms. The van der Waals surface area contributed by atoms with Gasteiger partial charge in [0.1, 0.15) is 4.21 Å². The number of hydrogen-bond acceptors (Lipinski definition) is 4. The van der Waals surface area contributed by atoms with Crippen LogP contribution in [-0.4, -0.2) is 15.0 Å². The standard InChI is InChI=1S/C13H14Cl2N2O2S2/c1-2-16-7-9-5-13(20-8-9)21(18,19)17-12-4-3-10(14)6-11(12)15/h3-6,8,16-17H,2,7H2,1H3. The number of rotatable bonds is 6. The van der Waals surface area contributed by atoms with Crippen LogP contribution in [0.25, 0.3) is 0 Å². The van der Waals surface area contributed by atoms with Crippen molar-refractivity contribution in [1.82, 2.24) is 5.32 Å². The second-order valence-corrected chi connectivity index (χ2v) is 7.95. The Labute approximate surface area is 138 Å². The molecule has 0 saturated heterocycles. The van der Waals surface area contributed by atoms with Gasteiger partial charge >= 0.3 is 0 Å². The van der Waals surface area contributed by atoms with Crippen molar-refractivity contribution in [1.29, 1.82) is 0 Å². The Morgan fingerprint density at radius 2 is 2.00 bits per heavy atom. The molecule has 0 unspecified atom stereocenters. The summed E-state index contributed by atoms with van der Waals surface area (Å²) in [6.45, 7) is 3.47. The molecule has 1 aromatic carbocycles. The van der Waals surface area contributed by atoms with Crippen molar-refractivity contribution >= 4 is 50.2 Å². The highest BCUT2D eigenvalue weighted by Crippen LogP contribution is 2.29. The van der Waals surface area contributed by atoms with Gasteiger partial charge in [0.2, 0.25) is 0 Å². The summed E-state index contributed by atoms with van der Waals surface area (Å²) in [4.78, 5) is 0. The van der Waals surface area contributed by atoms with E-state index in [0.717, 1.165) is 12.1 Å². The van der Waals surface area contributed by atoms with E-state index in [0.29, 0.717) is 17.3 Å². The van der Waals surface area contributed by atoms with Crippen molar-refractivity contribution < 1.29 is 8.42 Å². The third-order valence-electron chi connectivity index (χ3n) is 2.65. The molecule has 0 saturated carbocycles. The number of sulfonamides is 1. The van der Waals surface area contributed by atoms with Crippen LogP contribution in [0.1, 0.15) is 12.5 Å². The number of halogens is 2.